The number of fused-ring (bicyclic) bond motifs is 6. The Morgan fingerprint density at radius 3 is 2.53 bits per heavy atom. The molecule has 9 rings (SSSR count). The van der Waals surface area contributed by atoms with Crippen molar-refractivity contribution in [3.05, 3.63) is 124 Å². The minimum Gasteiger partial charge on any atom is -0.324 e. The second-order valence-electron chi connectivity index (χ2n) is 12.2. The summed E-state index contributed by atoms with van der Waals surface area (Å²) >= 11 is 3.53. The number of pyridine rings is 1. The fraction of sp³-hybridized carbons (Fsp3) is 0.194. The Balaban J connectivity index is 1.33. The van der Waals surface area contributed by atoms with Gasteiger partial charge in [0, 0.05) is 44.2 Å². The molecule has 0 aliphatic carbocycles. The van der Waals surface area contributed by atoms with Crippen molar-refractivity contribution in [2.45, 2.75) is 30.3 Å². The number of para-hydroxylation sites is 4. The molecular formula is C36H29BrN6O2. The second-order valence-corrected chi connectivity index (χ2v) is 13.1. The predicted octanol–water partition coefficient (Wildman–Crippen LogP) is 6.89. The van der Waals surface area contributed by atoms with Gasteiger partial charge in [0.05, 0.1) is 22.8 Å². The number of nitrogens with one attached hydrogen (secondary N) is 3. The number of anilines is 4. The smallest absolute Gasteiger partial charge is 0.250 e. The number of Topliss-reactive ketones (excluding diaryl/α,β-unsaturated/α-hetero) is 1. The summed E-state index contributed by atoms with van der Waals surface area (Å²) in [4.78, 5) is 37.2. The molecule has 0 radical (unpaired) electrons. The largest absolute Gasteiger partial charge is 0.324 e. The van der Waals surface area contributed by atoms with Crippen LogP contribution < -0.4 is 21.3 Å². The molecule has 4 aliphatic rings. The van der Waals surface area contributed by atoms with Crippen LogP contribution in [0.15, 0.2) is 108 Å². The van der Waals surface area contributed by atoms with E-state index < -0.39 is 11.5 Å². The molecule has 222 valence electrons. The molecule has 45 heavy (non-hydrogen) atoms. The number of nitrogens with zero attached hydrogens (tertiary/aromatic N) is 3. The second kappa shape index (κ2) is 9.97. The van der Waals surface area contributed by atoms with Gasteiger partial charge in [0.1, 0.15) is 5.54 Å². The quantitative estimate of drug-likeness (QED) is 0.182. The van der Waals surface area contributed by atoms with Crippen molar-refractivity contribution < 1.29 is 9.59 Å². The molecule has 4 aliphatic heterocycles. The van der Waals surface area contributed by atoms with Crippen molar-refractivity contribution >= 4 is 61.4 Å². The molecule has 2 saturated heterocycles. The minimum absolute atomic E-state index is 0.0410. The lowest BCUT2D eigenvalue weighted by Gasteiger charge is -2.37. The van der Waals surface area contributed by atoms with Gasteiger partial charge in [-0.3, -0.25) is 14.5 Å². The van der Waals surface area contributed by atoms with Crippen LogP contribution in [-0.2, 0) is 10.3 Å². The SMILES string of the molecule is O=C(c1ccc(Br)cc1)C1C(c2cc3ccccc3nc2N2NNc3ccccc32)C2CCCN2C12C(=O)Nc1ccccc12. The molecule has 2 fully saturated rings. The first-order valence-electron chi connectivity index (χ1n) is 15.3. The van der Waals surface area contributed by atoms with Crippen LogP contribution in [-0.4, -0.2) is 34.2 Å². The van der Waals surface area contributed by atoms with Gasteiger partial charge in [-0.15, -0.1) is 5.53 Å². The summed E-state index contributed by atoms with van der Waals surface area (Å²) in [7, 11) is 0. The summed E-state index contributed by atoms with van der Waals surface area (Å²) in [6, 6.07) is 33.7. The number of ketones is 1. The van der Waals surface area contributed by atoms with Crippen LogP contribution in [0.25, 0.3) is 10.9 Å². The molecular weight excluding hydrogens is 628 g/mol. The van der Waals surface area contributed by atoms with Crippen molar-refractivity contribution in [3.63, 3.8) is 0 Å². The molecule has 1 amide bonds. The molecule has 5 heterocycles. The Labute approximate surface area is 268 Å². The molecule has 9 heteroatoms. The first kappa shape index (κ1) is 26.8. The summed E-state index contributed by atoms with van der Waals surface area (Å²) in [5, 5.41) is 6.16. The summed E-state index contributed by atoms with van der Waals surface area (Å²) < 4.78 is 0.897. The first-order chi connectivity index (χ1) is 22.1. The molecule has 1 spiro atoms. The Bertz CT molecular complexity index is 2030. The standard InChI is InChI=1S/C36H29BrN6O2/c37-23-17-15-21(16-18-23)33(44)32-31(30-14-7-19-42(30)36(32)25-9-2-4-11-27(25)39-35(36)45)24-20-22-8-1-3-10-26(22)38-34(24)43-29-13-6-5-12-28(29)40-41-43/h1-6,8-13,15-18,20,30-32,40-41H,7,14,19H2,(H,39,45). The highest BCUT2D eigenvalue weighted by molar-refractivity contribution is 9.10. The van der Waals surface area contributed by atoms with Gasteiger partial charge in [0.15, 0.2) is 11.6 Å². The third kappa shape index (κ3) is 3.75. The van der Waals surface area contributed by atoms with E-state index in [-0.39, 0.29) is 23.7 Å². The van der Waals surface area contributed by atoms with E-state index in [0.717, 1.165) is 68.8 Å². The zero-order valence-corrected chi connectivity index (χ0v) is 25.8. The van der Waals surface area contributed by atoms with Gasteiger partial charge in [-0.05, 0) is 61.9 Å². The maximum atomic E-state index is 15.1. The lowest BCUT2D eigenvalue weighted by molar-refractivity contribution is -0.127. The van der Waals surface area contributed by atoms with Crippen LogP contribution >= 0.6 is 15.9 Å². The summed E-state index contributed by atoms with van der Waals surface area (Å²) in [5.41, 5.74) is 11.4. The van der Waals surface area contributed by atoms with Crippen LogP contribution in [0.4, 0.5) is 22.9 Å². The molecule has 4 aromatic carbocycles. The van der Waals surface area contributed by atoms with Gasteiger partial charge >= 0.3 is 0 Å². The van der Waals surface area contributed by atoms with Gasteiger partial charge in [-0.25, -0.2) is 9.99 Å². The number of rotatable bonds is 4. The number of carbonyl (C=O) groups excluding carboxylic acids is 2. The van der Waals surface area contributed by atoms with Crippen LogP contribution in [0.3, 0.4) is 0 Å². The van der Waals surface area contributed by atoms with Crippen molar-refractivity contribution in [1.29, 1.82) is 0 Å². The average Bonchev–Trinajstić information content (AvgIpc) is 3.83. The summed E-state index contributed by atoms with van der Waals surface area (Å²) in [6.45, 7) is 0.732. The van der Waals surface area contributed by atoms with Crippen molar-refractivity contribution in [3.8, 4) is 0 Å². The topological polar surface area (TPSA) is 89.6 Å². The molecule has 4 unspecified atom stereocenters. The molecule has 1 aromatic heterocycles. The summed E-state index contributed by atoms with van der Waals surface area (Å²) in [6.07, 6.45) is 1.82. The van der Waals surface area contributed by atoms with E-state index in [1.807, 2.05) is 96.0 Å². The van der Waals surface area contributed by atoms with Gasteiger partial charge in [-0.1, -0.05) is 76.6 Å². The number of aromatic nitrogens is 1. The van der Waals surface area contributed by atoms with Gasteiger partial charge < -0.3 is 10.7 Å². The van der Waals surface area contributed by atoms with Crippen LogP contribution in [0, 0.1) is 5.92 Å². The zero-order valence-electron chi connectivity index (χ0n) is 24.2. The third-order valence-corrected chi connectivity index (χ3v) is 10.6. The van der Waals surface area contributed by atoms with E-state index in [2.05, 4.69) is 49.2 Å². The van der Waals surface area contributed by atoms with E-state index in [9.17, 15) is 4.79 Å². The van der Waals surface area contributed by atoms with E-state index in [0.29, 0.717) is 5.56 Å². The van der Waals surface area contributed by atoms with Crippen molar-refractivity contribution in [1.82, 2.24) is 15.4 Å². The number of hydrazine groups is 2. The number of halogens is 1. The van der Waals surface area contributed by atoms with Crippen LogP contribution in [0.5, 0.6) is 0 Å². The molecule has 4 atom stereocenters. The highest BCUT2D eigenvalue weighted by Gasteiger charge is 2.69. The molecule has 5 aromatic rings. The maximum Gasteiger partial charge on any atom is 0.250 e. The maximum absolute atomic E-state index is 15.1. The Hall–Kier alpha value is -4.57. The molecule has 8 nitrogen and oxygen atoms in total. The Morgan fingerprint density at radius 1 is 0.911 bits per heavy atom. The normalized spacial score (nSPS) is 24.9. The number of hydrogen-bond acceptors (Lipinski definition) is 7. The Kier molecular flexibility index (Phi) is 5.94. The molecule has 3 N–H and O–H groups in total. The number of benzene rings is 4. The predicted molar refractivity (Wildman–Crippen MR) is 178 cm³/mol. The van der Waals surface area contributed by atoms with Gasteiger partial charge in [-0.2, -0.15) is 0 Å². The highest BCUT2D eigenvalue weighted by atomic mass is 79.9. The summed E-state index contributed by atoms with van der Waals surface area (Å²) in [5.74, 6) is -0.460. The van der Waals surface area contributed by atoms with Crippen molar-refractivity contribution in [2.75, 3.05) is 22.3 Å². The Morgan fingerprint density at radius 2 is 1.67 bits per heavy atom. The van der Waals surface area contributed by atoms with E-state index in [1.165, 1.54) is 0 Å². The molecule has 0 saturated carbocycles. The monoisotopic (exact) mass is 656 g/mol. The van der Waals surface area contributed by atoms with E-state index in [4.69, 9.17) is 4.98 Å². The fourth-order valence-corrected chi connectivity index (χ4v) is 8.58. The number of carbonyl (C=O) groups is 2. The van der Waals surface area contributed by atoms with E-state index in [1.54, 1.807) is 0 Å². The number of hydrogen-bond donors (Lipinski definition) is 3. The van der Waals surface area contributed by atoms with Gasteiger partial charge in [0.2, 0.25) is 5.91 Å². The number of amides is 1. The lowest BCUT2D eigenvalue weighted by Crippen LogP contribution is -2.52. The fourth-order valence-electron chi connectivity index (χ4n) is 8.32. The van der Waals surface area contributed by atoms with E-state index >= 15 is 4.79 Å². The third-order valence-electron chi connectivity index (χ3n) is 10.1. The minimum atomic E-state index is -1.15. The molecule has 0 bridgehead atoms. The highest BCUT2D eigenvalue weighted by Crippen LogP contribution is 2.62. The first-order valence-corrected chi connectivity index (χ1v) is 16.1. The van der Waals surface area contributed by atoms with Crippen LogP contribution in [0.2, 0.25) is 0 Å². The lowest BCUT2D eigenvalue weighted by atomic mass is 9.68. The average molecular weight is 658 g/mol. The van der Waals surface area contributed by atoms with Crippen LogP contribution in [0.1, 0.15) is 40.2 Å². The van der Waals surface area contributed by atoms with Crippen molar-refractivity contribution in [2.24, 2.45) is 5.92 Å². The van der Waals surface area contributed by atoms with Gasteiger partial charge in [0.25, 0.3) is 0 Å². The zero-order chi connectivity index (χ0) is 30.3.